The van der Waals surface area contributed by atoms with Crippen LogP contribution in [0.15, 0.2) is 0 Å². The predicted octanol–water partition coefficient (Wildman–Crippen LogP) is 2.12. The third-order valence-corrected chi connectivity index (χ3v) is 4.91. The molecule has 3 heteroatoms. The second-order valence-electron chi connectivity index (χ2n) is 6.13. The third-order valence-electron chi connectivity index (χ3n) is 4.91. The molecule has 0 spiro atoms. The lowest BCUT2D eigenvalue weighted by molar-refractivity contribution is 0.0121. The summed E-state index contributed by atoms with van der Waals surface area (Å²) < 4.78 is 5.61. The fraction of sp³-hybridized carbons (Fsp3) is 1.00. The van der Waals surface area contributed by atoms with Crippen LogP contribution in [0.1, 0.15) is 40.0 Å². The zero-order chi connectivity index (χ0) is 13.0. The first-order valence-electron chi connectivity index (χ1n) is 7.77. The summed E-state index contributed by atoms with van der Waals surface area (Å²) in [6, 6.07) is 1.41. The summed E-state index contributed by atoms with van der Waals surface area (Å²) in [5, 5.41) is 3.64. The molecule has 0 amide bonds. The molecule has 0 aliphatic carbocycles. The van der Waals surface area contributed by atoms with E-state index in [1.54, 1.807) is 0 Å². The average molecular weight is 254 g/mol. The van der Waals surface area contributed by atoms with Gasteiger partial charge in [0.25, 0.3) is 0 Å². The molecule has 2 heterocycles. The van der Waals surface area contributed by atoms with Crippen LogP contribution < -0.4 is 5.32 Å². The van der Waals surface area contributed by atoms with Crippen molar-refractivity contribution in [3.05, 3.63) is 0 Å². The molecule has 0 aromatic carbocycles. The van der Waals surface area contributed by atoms with Gasteiger partial charge in [-0.15, -0.1) is 0 Å². The minimum Gasteiger partial charge on any atom is -0.381 e. The van der Waals surface area contributed by atoms with Crippen molar-refractivity contribution in [3.63, 3.8) is 0 Å². The Kier molecular flexibility index (Phi) is 5.46. The SMILES string of the molecule is CCNC1CCN(CC2CCCOC2)C(C)C1C. The number of piperidine rings is 1. The number of nitrogens with one attached hydrogen (secondary N) is 1. The lowest BCUT2D eigenvalue weighted by Gasteiger charge is -2.44. The van der Waals surface area contributed by atoms with Crippen molar-refractivity contribution in [1.29, 1.82) is 0 Å². The van der Waals surface area contributed by atoms with Gasteiger partial charge in [0.1, 0.15) is 0 Å². The molecule has 2 rings (SSSR count). The number of rotatable bonds is 4. The fourth-order valence-electron chi connectivity index (χ4n) is 3.53. The Morgan fingerprint density at radius 3 is 2.78 bits per heavy atom. The quantitative estimate of drug-likeness (QED) is 0.832. The highest BCUT2D eigenvalue weighted by Crippen LogP contribution is 2.26. The Hall–Kier alpha value is -0.120. The van der Waals surface area contributed by atoms with Gasteiger partial charge in [-0.3, -0.25) is 4.90 Å². The Balaban J connectivity index is 1.83. The number of hydrogen-bond donors (Lipinski definition) is 1. The molecule has 0 aromatic rings. The van der Waals surface area contributed by atoms with Gasteiger partial charge >= 0.3 is 0 Å². The minimum absolute atomic E-state index is 0.699. The van der Waals surface area contributed by atoms with E-state index >= 15 is 0 Å². The maximum Gasteiger partial charge on any atom is 0.0506 e. The zero-order valence-electron chi connectivity index (χ0n) is 12.3. The van der Waals surface area contributed by atoms with Crippen molar-refractivity contribution < 1.29 is 4.74 Å². The summed E-state index contributed by atoms with van der Waals surface area (Å²) in [5.41, 5.74) is 0. The van der Waals surface area contributed by atoms with E-state index in [-0.39, 0.29) is 0 Å². The summed E-state index contributed by atoms with van der Waals surface area (Å²) in [6.45, 7) is 12.6. The van der Waals surface area contributed by atoms with Crippen LogP contribution in [0, 0.1) is 11.8 Å². The van der Waals surface area contributed by atoms with Crippen molar-refractivity contribution in [1.82, 2.24) is 10.2 Å². The molecule has 3 nitrogen and oxygen atoms in total. The Morgan fingerprint density at radius 2 is 2.11 bits per heavy atom. The van der Waals surface area contributed by atoms with Crippen molar-refractivity contribution in [2.24, 2.45) is 11.8 Å². The van der Waals surface area contributed by atoms with Gasteiger partial charge < -0.3 is 10.1 Å². The number of nitrogens with zero attached hydrogens (tertiary/aromatic N) is 1. The molecule has 18 heavy (non-hydrogen) atoms. The van der Waals surface area contributed by atoms with Gasteiger partial charge in [0.15, 0.2) is 0 Å². The van der Waals surface area contributed by atoms with Crippen LogP contribution >= 0.6 is 0 Å². The third kappa shape index (κ3) is 3.46. The maximum absolute atomic E-state index is 5.61. The smallest absolute Gasteiger partial charge is 0.0506 e. The fourth-order valence-corrected chi connectivity index (χ4v) is 3.53. The molecule has 0 radical (unpaired) electrons. The number of likely N-dealkylation sites (tertiary alicyclic amines) is 1. The molecule has 0 saturated carbocycles. The summed E-state index contributed by atoms with van der Waals surface area (Å²) >= 11 is 0. The van der Waals surface area contributed by atoms with Crippen LogP contribution in [0.3, 0.4) is 0 Å². The highest BCUT2D eigenvalue weighted by Gasteiger charge is 2.33. The van der Waals surface area contributed by atoms with E-state index in [9.17, 15) is 0 Å². The first-order valence-corrected chi connectivity index (χ1v) is 7.77. The van der Waals surface area contributed by atoms with Gasteiger partial charge in [0, 0.05) is 25.2 Å². The van der Waals surface area contributed by atoms with E-state index in [4.69, 9.17) is 4.74 Å². The molecule has 2 aliphatic heterocycles. The Morgan fingerprint density at radius 1 is 1.28 bits per heavy atom. The molecule has 4 unspecified atom stereocenters. The topological polar surface area (TPSA) is 24.5 Å². The molecule has 2 aliphatic rings. The van der Waals surface area contributed by atoms with Crippen LogP contribution in [0.4, 0.5) is 0 Å². The van der Waals surface area contributed by atoms with E-state index in [1.807, 2.05) is 0 Å². The van der Waals surface area contributed by atoms with Crippen LogP contribution in [0.5, 0.6) is 0 Å². The van der Waals surface area contributed by atoms with E-state index in [1.165, 1.54) is 32.4 Å². The van der Waals surface area contributed by atoms with Gasteiger partial charge in [0.2, 0.25) is 0 Å². The highest BCUT2D eigenvalue weighted by molar-refractivity contribution is 4.89. The standard InChI is InChI=1S/C15H30N2O/c1-4-16-15-7-8-17(13(3)12(15)2)10-14-6-5-9-18-11-14/h12-16H,4-11H2,1-3H3. The van der Waals surface area contributed by atoms with Crippen LogP contribution in [-0.4, -0.2) is 49.8 Å². The first-order chi connectivity index (χ1) is 8.72. The maximum atomic E-state index is 5.61. The van der Waals surface area contributed by atoms with E-state index in [0.717, 1.165) is 31.6 Å². The van der Waals surface area contributed by atoms with Gasteiger partial charge in [0.05, 0.1) is 6.61 Å². The van der Waals surface area contributed by atoms with Crippen LogP contribution in [0.25, 0.3) is 0 Å². The molecular formula is C15H30N2O. The lowest BCUT2D eigenvalue weighted by Crippen LogP contribution is -2.54. The zero-order valence-corrected chi connectivity index (χ0v) is 12.3. The Labute approximate surface area is 112 Å². The molecular weight excluding hydrogens is 224 g/mol. The average Bonchev–Trinajstić information content (AvgIpc) is 2.40. The molecule has 0 aromatic heterocycles. The van der Waals surface area contributed by atoms with E-state index in [2.05, 4.69) is 31.0 Å². The molecule has 4 atom stereocenters. The molecule has 106 valence electrons. The monoisotopic (exact) mass is 254 g/mol. The normalized spacial score (nSPS) is 38.8. The molecule has 2 fully saturated rings. The Bertz CT molecular complexity index is 241. The summed E-state index contributed by atoms with van der Waals surface area (Å²) in [4.78, 5) is 2.69. The predicted molar refractivity (Wildman–Crippen MR) is 75.8 cm³/mol. The second kappa shape index (κ2) is 6.88. The number of hydrogen-bond acceptors (Lipinski definition) is 3. The van der Waals surface area contributed by atoms with Gasteiger partial charge in [-0.2, -0.15) is 0 Å². The lowest BCUT2D eigenvalue weighted by atomic mass is 9.86. The van der Waals surface area contributed by atoms with Crippen molar-refractivity contribution >= 4 is 0 Å². The highest BCUT2D eigenvalue weighted by atomic mass is 16.5. The van der Waals surface area contributed by atoms with Gasteiger partial charge in [-0.1, -0.05) is 13.8 Å². The summed E-state index contributed by atoms with van der Waals surface area (Å²) in [7, 11) is 0. The molecule has 0 bridgehead atoms. The van der Waals surface area contributed by atoms with Crippen LogP contribution in [0.2, 0.25) is 0 Å². The van der Waals surface area contributed by atoms with E-state index < -0.39 is 0 Å². The summed E-state index contributed by atoms with van der Waals surface area (Å²) in [6.07, 6.45) is 3.91. The molecule has 2 saturated heterocycles. The van der Waals surface area contributed by atoms with Crippen molar-refractivity contribution in [3.8, 4) is 0 Å². The minimum atomic E-state index is 0.699. The largest absolute Gasteiger partial charge is 0.381 e. The van der Waals surface area contributed by atoms with Crippen molar-refractivity contribution in [2.75, 3.05) is 32.8 Å². The summed E-state index contributed by atoms with van der Waals surface area (Å²) in [5.74, 6) is 1.52. The number of ether oxygens (including phenoxy) is 1. The second-order valence-corrected chi connectivity index (χ2v) is 6.13. The van der Waals surface area contributed by atoms with E-state index in [0.29, 0.717) is 12.1 Å². The van der Waals surface area contributed by atoms with Gasteiger partial charge in [-0.05, 0) is 51.1 Å². The van der Waals surface area contributed by atoms with Crippen LogP contribution in [-0.2, 0) is 4.74 Å². The molecule has 1 N–H and O–H groups in total. The van der Waals surface area contributed by atoms with Crippen molar-refractivity contribution in [2.45, 2.75) is 52.1 Å². The first kappa shape index (κ1) is 14.3. The van der Waals surface area contributed by atoms with Gasteiger partial charge in [-0.25, -0.2) is 0 Å².